The predicted molar refractivity (Wildman–Crippen MR) is 85.5 cm³/mol. The van der Waals surface area contributed by atoms with Crippen molar-refractivity contribution >= 4 is 28.7 Å². The normalized spacial score (nSPS) is 13.5. The quantitative estimate of drug-likeness (QED) is 0.688. The van der Waals surface area contributed by atoms with E-state index in [-0.39, 0.29) is 5.71 Å². The molecule has 0 aliphatic rings. The van der Waals surface area contributed by atoms with Crippen molar-refractivity contribution in [1.29, 1.82) is 5.26 Å². The van der Waals surface area contributed by atoms with Crippen molar-refractivity contribution in [2.45, 2.75) is 39.4 Å². The van der Waals surface area contributed by atoms with Gasteiger partial charge >= 0.3 is 0 Å². The fourth-order valence-corrected chi connectivity index (χ4v) is 2.00. The highest BCUT2D eigenvalue weighted by Crippen LogP contribution is 2.18. The molecule has 21 heavy (non-hydrogen) atoms. The minimum Gasteiger partial charge on any atom is -0.591 e. The van der Waals surface area contributed by atoms with Gasteiger partial charge in [0.1, 0.15) is 16.1 Å². The van der Waals surface area contributed by atoms with Crippen LogP contribution in [0.2, 0.25) is 0 Å². The number of benzene rings is 1. The number of carbonyl (C=O) groups is 1. The lowest BCUT2D eigenvalue weighted by molar-refractivity contribution is -0.110. The number of amides is 1. The van der Waals surface area contributed by atoms with Gasteiger partial charge in [-0.15, -0.1) is 0 Å². The van der Waals surface area contributed by atoms with Gasteiger partial charge in [0.15, 0.2) is 5.71 Å². The fraction of sp³-hybridized carbons (Fsp3) is 0.400. The van der Waals surface area contributed by atoms with E-state index in [2.05, 4.69) is 15.8 Å². The Morgan fingerprint density at radius 1 is 1.43 bits per heavy atom. The lowest BCUT2D eigenvalue weighted by Crippen LogP contribution is -2.29. The van der Waals surface area contributed by atoms with Gasteiger partial charge in [-0.25, -0.2) is 0 Å². The number of hydrogen-bond donors (Lipinski definition) is 1. The highest BCUT2D eigenvalue weighted by molar-refractivity contribution is 7.91. The number of anilines is 1. The zero-order valence-corrected chi connectivity index (χ0v) is 13.7. The largest absolute Gasteiger partial charge is 0.591 e. The van der Waals surface area contributed by atoms with E-state index in [4.69, 9.17) is 5.26 Å². The van der Waals surface area contributed by atoms with Gasteiger partial charge < -0.3 is 9.87 Å². The zero-order valence-electron chi connectivity index (χ0n) is 12.9. The number of aryl methyl sites for hydroxylation is 1. The van der Waals surface area contributed by atoms with E-state index in [1.165, 1.54) is 6.92 Å². The van der Waals surface area contributed by atoms with Crippen molar-refractivity contribution in [3.63, 3.8) is 0 Å². The SMILES string of the molecule is CC(=N[S+]([O-])C(C)(C)C)C(=O)Nc1ccc(C#N)c(C)c1. The van der Waals surface area contributed by atoms with E-state index >= 15 is 0 Å². The van der Waals surface area contributed by atoms with Crippen molar-refractivity contribution in [2.75, 3.05) is 5.32 Å². The Balaban J connectivity index is 2.84. The Morgan fingerprint density at radius 3 is 2.52 bits per heavy atom. The van der Waals surface area contributed by atoms with Crippen LogP contribution in [-0.4, -0.2) is 20.9 Å². The monoisotopic (exact) mass is 305 g/mol. The van der Waals surface area contributed by atoms with Gasteiger partial charge in [0.05, 0.1) is 11.6 Å². The molecule has 1 atom stereocenters. The average molecular weight is 305 g/mol. The molecule has 0 radical (unpaired) electrons. The van der Waals surface area contributed by atoms with Crippen LogP contribution in [0.15, 0.2) is 22.6 Å². The maximum absolute atomic E-state index is 12.0. The molecule has 0 saturated carbocycles. The molecule has 0 bridgehead atoms. The van der Waals surface area contributed by atoms with Gasteiger partial charge in [-0.1, -0.05) is 4.40 Å². The summed E-state index contributed by atoms with van der Waals surface area (Å²) in [6.07, 6.45) is 0. The maximum atomic E-state index is 12.0. The fourth-order valence-electron chi connectivity index (χ4n) is 1.39. The second kappa shape index (κ2) is 6.74. The Kier molecular flexibility index (Phi) is 5.53. The molecule has 0 spiro atoms. The Labute approximate surface area is 128 Å². The molecular formula is C15H19N3O2S. The van der Waals surface area contributed by atoms with Gasteiger partial charge in [0, 0.05) is 5.69 Å². The molecule has 0 heterocycles. The number of carbonyl (C=O) groups excluding carboxylic acids is 1. The minimum atomic E-state index is -1.47. The lowest BCUT2D eigenvalue weighted by Gasteiger charge is -2.18. The standard InChI is InChI=1S/C15H19N3O2S/c1-10-8-13(7-6-12(10)9-16)17-14(19)11(2)18-21(20)15(3,4)5/h6-8H,1-5H3,(H,17,19). The Hall–Kier alpha value is -1.84. The zero-order chi connectivity index (χ0) is 16.2. The summed E-state index contributed by atoms with van der Waals surface area (Å²) < 4.78 is 15.3. The summed E-state index contributed by atoms with van der Waals surface area (Å²) in [5.41, 5.74) is 2.08. The van der Waals surface area contributed by atoms with Crippen molar-refractivity contribution in [3.8, 4) is 6.07 Å². The minimum absolute atomic E-state index is 0.158. The summed E-state index contributed by atoms with van der Waals surface area (Å²) in [6.45, 7) is 8.70. The first kappa shape index (κ1) is 17.2. The molecule has 112 valence electrons. The highest BCUT2D eigenvalue weighted by atomic mass is 32.2. The van der Waals surface area contributed by atoms with E-state index in [1.807, 2.05) is 0 Å². The van der Waals surface area contributed by atoms with Crippen LogP contribution in [0.25, 0.3) is 0 Å². The Bertz CT molecular complexity index is 612. The smallest absolute Gasteiger partial charge is 0.274 e. The molecule has 6 heteroatoms. The van der Waals surface area contributed by atoms with Crippen molar-refractivity contribution in [3.05, 3.63) is 29.3 Å². The molecule has 1 aromatic rings. The molecule has 0 aliphatic carbocycles. The lowest BCUT2D eigenvalue weighted by atomic mass is 10.1. The number of nitrogens with zero attached hydrogens (tertiary/aromatic N) is 2. The van der Waals surface area contributed by atoms with Crippen LogP contribution in [0.1, 0.15) is 38.8 Å². The van der Waals surface area contributed by atoms with Crippen molar-refractivity contribution in [1.82, 2.24) is 0 Å². The maximum Gasteiger partial charge on any atom is 0.274 e. The van der Waals surface area contributed by atoms with E-state index in [0.29, 0.717) is 11.3 Å². The van der Waals surface area contributed by atoms with Crippen LogP contribution in [0.5, 0.6) is 0 Å². The third-order valence-corrected chi connectivity index (χ3v) is 4.16. The third-order valence-electron chi connectivity index (χ3n) is 2.68. The number of nitrogens with one attached hydrogen (secondary N) is 1. The second-order valence-electron chi connectivity index (χ2n) is 5.63. The third kappa shape index (κ3) is 4.88. The molecule has 0 fully saturated rings. The van der Waals surface area contributed by atoms with Gasteiger partial charge in [-0.3, -0.25) is 4.79 Å². The van der Waals surface area contributed by atoms with E-state index in [1.54, 1.807) is 45.9 Å². The first-order chi connectivity index (χ1) is 9.65. The highest BCUT2D eigenvalue weighted by Gasteiger charge is 2.27. The predicted octanol–water partition coefficient (Wildman–Crippen LogP) is 2.73. The van der Waals surface area contributed by atoms with E-state index in [0.717, 1.165) is 5.56 Å². The van der Waals surface area contributed by atoms with Gasteiger partial charge in [0.25, 0.3) is 5.91 Å². The molecule has 0 saturated heterocycles. The van der Waals surface area contributed by atoms with Crippen molar-refractivity contribution < 1.29 is 9.35 Å². The number of rotatable bonds is 3. The van der Waals surface area contributed by atoms with Crippen LogP contribution >= 0.6 is 0 Å². The first-order valence-corrected chi connectivity index (χ1v) is 7.55. The second-order valence-corrected chi connectivity index (χ2v) is 7.54. The van der Waals surface area contributed by atoms with Gasteiger partial charge in [0.2, 0.25) is 0 Å². The van der Waals surface area contributed by atoms with Crippen LogP contribution in [0, 0.1) is 18.3 Å². The summed E-state index contributed by atoms with van der Waals surface area (Å²) in [5, 5.41) is 11.5. The van der Waals surface area contributed by atoms with Crippen LogP contribution in [0.4, 0.5) is 5.69 Å². The molecule has 1 unspecified atom stereocenters. The van der Waals surface area contributed by atoms with Crippen LogP contribution in [-0.2, 0) is 16.2 Å². The Morgan fingerprint density at radius 2 is 2.05 bits per heavy atom. The molecule has 5 nitrogen and oxygen atoms in total. The van der Waals surface area contributed by atoms with Crippen molar-refractivity contribution in [2.24, 2.45) is 4.40 Å². The molecule has 1 amide bonds. The average Bonchev–Trinajstić information content (AvgIpc) is 2.37. The van der Waals surface area contributed by atoms with Gasteiger partial charge in [-0.05, 0) is 58.4 Å². The molecule has 1 aromatic carbocycles. The molecule has 1 N–H and O–H groups in total. The van der Waals surface area contributed by atoms with Crippen LogP contribution in [0.3, 0.4) is 0 Å². The molecular weight excluding hydrogens is 286 g/mol. The summed E-state index contributed by atoms with van der Waals surface area (Å²) >= 11 is -1.47. The van der Waals surface area contributed by atoms with E-state index < -0.39 is 22.0 Å². The summed E-state index contributed by atoms with van der Waals surface area (Å²) in [7, 11) is 0. The molecule has 1 rings (SSSR count). The van der Waals surface area contributed by atoms with Crippen LogP contribution < -0.4 is 5.32 Å². The topological polar surface area (TPSA) is 88.3 Å². The summed E-state index contributed by atoms with van der Waals surface area (Å²) in [5.74, 6) is -0.406. The summed E-state index contributed by atoms with van der Waals surface area (Å²) in [4.78, 5) is 12.0. The number of nitriles is 1. The van der Waals surface area contributed by atoms with E-state index in [9.17, 15) is 9.35 Å². The molecule has 0 aliphatic heterocycles. The summed E-state index contributed by atoms with van der Waals surface area (Å²) in [6, 6.07) is 7.07. The first-order valence-electron chi connectivity index (χ1n) is 6.44. The number of hydrogen-bond acceptors (Lipinski definition) is 4. The molecule has 0 aromatic heterocycles. The van der Waals surface area contributed by atoms with Gasteiger partial charge in [-0.2, -0.15) is 5.26 Å².